The Balaban J connectivity index is 2.15. The molecule has 0 fully saturated rings. The number of nitrogens with two attached hydrogens (primary N) is 3. The second-order valence-electron chi connectivity index (χ2n) is 8.92. The first-order valence-corrected chi connectivity index (χ1v) is 12.6. The molecule has 12 nitrogen and oxygen atoms in total. The van der Waals surface area contributed by atoms with Crippen LogP contribution in [-0.4, -0.2) is 71.5 Å². The van der Waals surface area contributed by atoms with Crippen molar-refractivity contribution in [3.05, 3.63) is 36.0 Å². The monoisotopic (exact) mass is 517 g/mol. The van der Waals surface area contributed by atoms with Crippen LogP contribution in [0.5, 0.6) is 0 Å². The quantitative estimate of drug-likeness (QED) is 0.127. The van der Waals surface area contributed by atoms with Gasteiger partial charge in [-0.1, -0.05) is 18.2 Å². The van der Waals surface area contributed by atoms with E-state index in [0.29, 0.717) is 45.2 Å². The second kappa shape index (κ2) is 15.6. The van der Waals surface area contributed by atoms with Crippen molar-refractivity contribution in [1.82, 2.24) is 20.9 Å². The molecule has 2 rings (SSSR count). The van der Waals surface area contributed by atoms with E-state index in [2.05, 4.69) is 20.9 Å². The van der Waals surface area contributed by atoms with Crippen molar-refractivity contribution in [2.75, 3.05) is 19.6 Å². The molecule has 0 aliphatic rings. The van der Waals surface area contributed by atoms with E-state index in [4.69, 9.17) is 17.2 Å². The summed E-state index contributed by atoms with van der Waals surface area (Å²) in [4.78, 5) is 53.2. The number of fused-ring (bicyclic) bond motifs is 1. The Morgan fingerprint density at radius 2 is 1.38 bits per heavy atom. The molecule has 0 aliphatic carbocycles. The number of carbonyl (C=O) groups excluding carboxylic acids is 3. The summed E-state index contributed by atoms with van der Waals surface area (Å²) < 4.78 is 0. The molecule has 1 aromatic heterocycles. The molecular formula is C25H39N7O5. The number of para-hydroxylation sites is 1. The Morgan fingerprint density at radius 3 is 1.95 bits per heavy atom. The lowest BCUT2D eigenvalue weighted by atomic mass is 10.0. The van der Waals surface area contributed by atoms with E-state index in [1.807, 2.05) is 24.3 Å². The first-order chi connectivity index (χ1) is 17.8. The first kappa shape index (κ1) is 29.7. The minimum Gasteiger partial charge on any atom is -0.480 e. The van der Waals surface area contributed by atoms with Crippen LogP contribution in [-0.2, 0) is 25.6 Å². The van der Waals surface area contributed by atoms with Gasteiger partial charge in [0.05, 0.1) is 6.54 Å². The number of aromatic nitrogens is 1. The number of hydrogen-bond acceptors (Lipinski definition) is 7. The van der Waals surface area contributed by atoms with Gasteiger partial charge in [-0.05, 0) is 63.2 Å². The summed E-state index contributed by atoms with van der Waals surface area (Å²) in [6.07, 6.45) is 4.79. The van der Waals surface area contributed by atoms with Crippen molar-refractivity contribution in [1.29, 1.82) is 0 Å². The fraction of sp³-hybridized carbons (Fsp3) is 0.520. The molecule has 0 aliphatic heterocycles. The van der Waals surface area contributed by atoms with E-state index < -0.39 is 41.8 Å². The number of aromatic amines is 1. The van der Waals surface area contributed by atoms with Crippen LogP contribution in [0.15, 0.2) is 30.5 Å². The number of unbranched alkanes of at least 4 members (excludes halogenated alkanes) is 2. The highest BCUT2D eigenvalue weighted by Gasteiger charge is 2.29. The second-order valence-corrected chi connectivity index (χ2v) is 8.92. The molecule has 11 N–H and O–H groups in total. The summed E-state index contributed by atoms with van der Waals surface area (Å²) in [5.74, 6) is -2.86. The minimum absolute atomic E-state index is 0.0584. The molecule has 0 unspecified atom stereocenters. The number of rotatable bonds is 17. The van der Waals surface area contributed by atoms with E-state index in [-0.39, 0.29) is 19.4 Å². The molecule has 204 valence electrons. The highest BCUT2D eigenvalue weighted by molar-refractivity contribution is 5.94. The smallest absolute Gasteiger partial charge is 0.326 e. The third kappa shape index (κ3) is 9.48. The number of benzene rings is 1. The summed E-state index contributed by atoms with van der Waals surface area (Å²) >= 11 is 0. The maximum absolute atomic E-state index is 13.2. The molecule has 0 radical (unpaired) electrons. The van der Waals surface area contributed by atoms with Crippen molar-refractivity contribution >= 4 is 34.6 Å². The van der Waals surface area contributed by atoms with Crippen LogP contribution < -0.4 is 33.2 Å². The largest absolute Gasteiger partial charge is 0.480 e. The molecule has 0 bridgehead atoms. The molecule has 1 heterocycles. The van der Waals surface area contributed by atoms with Gasteiger partial charge in [-0.3, -0.25) is 14.4 Å². The molecule has 37 heavy (non-hydrogen) atoms. The van der Waals surface area contributed by atoms with E-state index in [9.17, 15) is 24.3 Å². The number of nitrogens with one attached hydrogen (secondary N) is 4. The van der Waals surface area contributed by atoms with Crippen molar-refractivity contribution in [3.63, 3.8) is 0 Å². The summed E-state index contributed by atoms with van der Waals surface area (Å²) in [5, 5.41) is 18.5. The number of carboxylic acids is 1. The van der Waals surface area contributed by atoms with Gasteiger partial charge < -0.3 is 43.2 Å². The van der Waals surface area contributed by atoms with Gasteiger partial charge in [0, 0.05) is 23.5 Å². The standard InChI is InChI=1S/C25H39N7O5/c26-11-5-3-9-19(30-22(33)14-28)23(34)31-20(10-4-6-12-27)24(35)32-21(25(36)37)13-16-15-29-18-8-2-1-7-17(16)18/h1-2,7-8,15,19-21,29H,3-6,9-14,26-28H2,(H,30,33)(H,31,34)(H,32,35)(H,36,37)/t19-,20-,21-/m0/s1. The van der Waals surface area contributed by atoms with Crippen LogP contribution in [0.25, 0.3) is 10.9 Å². The van der Waals surface area contributed by atoms with E-state index in [0.717, 1.165) is 16.5 Å². The van der Waals surface area contributed by atoms with E-state index >= 15 is 0 Å². The number of carboxylic acid groups (broad SMARTS) is 1. The Morgan fingerprint density at radius 1 is 0.811 bits per heavy atom. The van der Waals surface area contributed by atoms with Crippen molar-refractivity contribution in [2.45, 2.75) is 63.1 Å². The van der Waals surface area contributed by atoms with Gasteiger partial charge in [0.2, 0.25) is 17.7 Å². The third-order valence-electron chi connectivity index (χ3n) is 6.08. The topological polar surface area (TPSA) is 218 Å². The lowest BCUT2D eigenvalue weighted by Crippen LogP contribution is -2.56. The molecule has 3 atom stereocenters. The van der Waals surface area contributed by atoms with Gasteiger partial charge in [0.1, 0.15) is 18.1 Å². The SMILES string of the molecule is NCCCC[C@H](NC(=O)CN)C(=O)N[C@@H](CCCCN)C(=O)N[C@@H](Cc1c[nH]c2ccccc12)C(=O)O. The fourth-order valence-electron chi connectivity index (χ4n) is 4.04. The van der Waals surface area contributed by atoms with Gasteiger partial charge in [0.25, 0.3) is 0 Å². The summed E-state index contributed by atoms with van der Waals surface area (Å²) in [5.41, 5.74) is 18.1. The number of aliphatic carboxylic acids is 1. The molecule has 0 saturated heterocycles. The Labute approximate surface area is 216 Å². The lowest BCUT2D eigenvalue weighted by molar-refractivity contribution is -0.142. The summed E-state index contributed by atoms with van der Waals surface area (Å²) in [7, 11) is 0. The van der Waals surface area contributed by atoms with Gasteiger partial charge in [0.15, 0.2) is 0 Å². The van der Waals surface area contributed by atoms with Crippen LogP contribution in [0.4, 0.5) is 0 Å². The Bertz CT molecular complexity index is 1040. The van der Waals surface area contributed by atoms with Gasteiger partial charge in [-0.25, -0.2) is 4.79 Å². The summed E-state index contributed by atoms with van der Waals surface area (Å²) in [6, 6.07) is 4.36. The number of hydrogen-bond donors (Lipinski definition) is 8. The first-order valence-electron chi connectivity index (χ1n) is 12.6. The average Bonchev–Trinajstić information content (AvgIpc) is 3.29. The molecule has 3 amide bonds. The van der Waals surface area contributed by atoms with Crippen LogP contribution >= 0.6 is 0 Å². The highest BCUT2D eigenvalue weighted by atomic mass is 16.4. The zero-order valence-electron chi connectivity index (χ0n) is 21.0. The molecule has 0 saturated carbocycles. The van der Waals surface area contributed by atoms with Gasteiger partial charge in [-0.15, -0.1) is 0 Å². The van der Waals surface area contributed by atoms with Crippen molar-refractivity contribution in [2.24, 2.45) is 17.2 Å². The fourth-order valence-corrected chi connectivity index (χ4v) is 4.04. The number of H-pyrrole nitrogens is 1. The molecule has 2 aromatic rings. The van der Waals surface area contributed by atoms with Gasteiger partial charge in [-0.2, -0.15) is 0 Å². The molecule has 1 aromatic carbocycles. The zero-order valence-corrected chi connectivity index (χ0v) is 21.0. The summed E-state index contributed by atoms with van der Waals surface area (Å²) in [6.45, 7) is 0.570. The number of carbonyl (C=O) groups is 4. The van der Waals surface area contributed by atoms with Crippen LogP contribution in [0.2, 0.25) is 0 Å². The third-order valence-corrected chi connectivity index (χ3v) is 6.08. The van der Waals surface area contributed by atoms with Crippen LogP contribution in [0, 0.1) is 0 Å². The van der Waals surface area contributed by atoms with E-state index in [1.54, 1.807) is 6.20 Å². The highest BCUT2D eigenvalue weighted by Crippen LogP contribution is 2.19. The minimum atomic E-state index is -1.21. The molecular weight excluding hydrogens is 478 g/mol. The average molecular weight is 518 g/mol. The predicted octanol–water partition coefficient (Wildman–Crippen LogP) is -0.534. The maximum atomic E-state index is 13.2. The normalized spacial score (nSPS) is 13.5. The Hall–Kier alpha value is -3.48. The zero-order chi connectivity index (χ0) is 27.2. The van der Waals surface area contributed by atoms with Crippen molar-refractivity contribution < 1.29 is 24.3 Å². The van der Waals surface area contributed by atoms with Gasteiger partial charge >= 0.3 is 5.97 Å². The van der Waals surface area contributed by atoms with Crippen LogP contribution in [0.1, 0.15) is 44.1 Å². The van der Waals surface area contributed by atoms with Crippen LogP contribution in [0.3, 0.4) is 0 Å². The van der Waals surface area contributed by atoms with E-state index in [1.165, 1.54) is 0 Å². The predicted molar refractivity (Wildman–Crippen MR) is 140 cm³/mol. The lowest BCUT2D eigenvalue weighted by Gasteiger charge is -2.24. The Kier molecular flexibility index (Phi) is 12.5. The molecule has 0 spiro atoms. The molecule has 12 heteroatoms. The van der Waals surface area contributed by atoms with Crippen molar-refractivity contribution in [3.8, 4) is 0 Å². The maximum Gasteiger partial charge on any atom is 0.326 e. The number of amides is 3.